The molecule has 0 amide bonds. The third-order valence-electron chi connectivity index (χ3n) is 4.44. The number of hydrogen-bond donors (Lipinski definition) is 1. The second-order valence-electron chi connectivity index (χ2n) is 6.22. The van der Waals surface area contributed by atoms with Crippen molar-refractivity contribution in [3.8, 4) is 0 Å². The first kappa shape index (κ1) is 16.0. The quantitative estimate of drug-likeness (QED) is 0.695. The van der Waals surface area contributed by atoms with Crippen molar-refractivity contribution in [2.24, 2.45) is 5.92 Å². The standard InChI is InChI=1S/C20H29N/c1-5-9-16(4)20(21-14-6-2)19-13-12-15(3)17-10-7-8-11-18(17)19/h7-8,10-13,16,20-21H,5-6,9,14H2,1-4H3. The van der Waals surface area contributed by atoms with Crippen LogP contribution in [0.2, 0.25) is 0 Å². The SMILES string of the molecule is CCCNC(c1ccc(C)c2ccccc12)C(C)CCC. The minimum Gasteiger partial charge on any atom is -0.310 e. The molecule has 114 valence electrons. The second-order valence-corrected chi connectivity index (χ2v) is 6.22. The van der Waals surface area contributed by atoms with E-state index in [-0.39, 0.29) is 0 Å². The van der Waals surface area contributed by atoms with Crippen LogP contribution in [0.15, 0.2) is 36.4 Å². The molecule has 2 unspecified atom stereocenters. The smallest absolute Gasteiger partial charge is 0.0352 e. The molecule has 2 rings (SSSR count). The van der Waals surface area contributed by atoms with Crippen molar-refractivity contribution in [2.45, 2.75) is 53.0 Å². The molecule has 0 aromatic heterocycles. The van der Waals surface area contributed by atoms with Gasteiger partial charge in [0.05, 0.1) is 0 Å². The first-order valence-corrected chi connectivity index (χ1v) is 8.40. The number of nitrogens with one attached hydrogen (secondary N) is 1. The maximum Gasteiger partial charge on any atom is 0.0352 e. The van der Waals surface area contributed by atoms with E-state index >= 15 is 0 Å². The Balaban J connectivity index is 2.46. The Kier molecular flexibility index (Phi) is 5.81. The van der Waals surface area contributed by atoms with Crippen LogP contribution in [0, 0.1) is 12.8 Å². The van der Waals surface area contributed by atoms with Crippen LogP contribution in [0.5, 0.6) is 0 Å². The van der Waals surface area contributed by atoms with Gasteiger partial charge in [-0.2, -0.15) is 0 Å². The van der Waals surface area contributed by atoms with Gasteiger partial charge in [0.15, 0.2) is 0 Å². The van der Waals surface area contributed by atoms with Gasteiger partial charge >= 0.3 is 0 Å². The molecule has 2 atom stereocenters. The number of hydrogen-bond acceptors (Lipinski definition) is 1. The summed E-state index contributed by atoms with van der Waals surface area (Å²) in [5.41, 5.74) is 2.83. The average molecular weight is 283 g/mol. The van der Waals surface area contributed by atoms with Crippen molar-refractivity contribution in [3.05, 3.63) is 47.5 Å². The van der Waals surface area contributed by atoms with Gasteiger partial charge in [-0.15, -0.1) is 0 Å². The summed E-state index contributed by atoms with van der Waals surface area (Å²) < 4.78 is 0. The number of rotatable bonds is 7. The monoisotopic (exact) mass is 283 g/mol. The van der Waals surface area contributed by atoms with Gasteiger partial charge < -0.3 is 5.32 Å². The Labute approximate surface area is 129 Å². The van der Waals surface area contributed by atoms with Crippen LogP contribution in [0.1, 0.15) is 57.2 Å². The van der Waals surface area contributed by atoms with Crippen molar-refractivity contribution in [1.82, 2.24) is 5.32 Å². The van der Waals surface area contributed by atoms with Gasteiger partial charge in [0, 0.05) is 6.04 Å². The average Bonchev–Trinajstić information content (AvgIpc) is 2.50. The fourth-order valence-corrected chi connectivity index (χ4v) is 3.28. The van der Waals surface area contributed by atoms with E-state index in [2.05, 4.69) is 69.4 Å². The van der Waals surface area contributed by atoms with Crippen molar-refractivity contribution >= 4 is 10.8 Å². The molecule has 0 radical (unpaired) electrons. The minimum atomic E-state index is 0.454. The third-order valence-corrected chi connectivity index (χ3v) is 4.44. The molecule has 0 aliphatic heterocycles. The lowest BCUT2D eigenvalue weighted by molar-refractivity contribution is 0.365. The topological polar surface area (TPSA) is 12.0 Å². The molecule has 0 fully saturated rings. The lowest BCUT2D eigenvalue weighted by Gasteiger charge is -2.27. The Bertz CT molecular complexity index is 573. The van der Waals surface area contributed by atoms with E-state index in [4.69, 9.17) is 0 Å². The van der Waals surface area contributed by atoms with Crippen molar-refractivity contribution < 1.29 is 0 Å². The van der Waals surface area contributed by atoms with E-state index in [1.165, 1.54) is 41.2 Å². The fourth-order valence-electron chi connectivity index (χ4n) is 3.28. The normalized spacial score (nSPS) is 14.3. The molecular formula is C20H29N. The Morgan fingerprint density at radius 3 is 2.33 bits per heavy atom. The van der Waals surface area contributed by atoms with Crippen LogP contribution in [0.25, 0.3) is 10.8 Å². The first-order valence-electron chi connectivity index (χ1n) is 8.40. The van der Waals surface area contributed by atoms with E-state index in [0.29, 0.717) is 12.0 Å². The Morgan fingerprint density at radius 2 is 1.67 bits per heavy atom. The molecule has 1 N–H and O–H groups in total. The van der Waals surface area contributed by atoms with E-state index in [0.717, 1.165) is 6.54 Å². The number of fused-ring (bicyclic) bond motifs is 1. The highest BCUT2D eigenvalue weighted by Gasteiger charge is 2.20. The van der Waals surface area contributed by atoms with E-state index in [1.54, 1.807) is 0 Å². The molecule has 21 heavy (non-hydrogen) atoms. The zero-order chi connectivity index (χ0) is 15.2. The summed E-state index contributed by atoms with van der Waals surface area (Å²) in [6.45, 7) is 10.2. The summed E-state index contributed by atoms with van der Waals surface area (Å²) in [7, 11) is 0. The minimum absolute atomic E-state index is 0.454. The maximum atomic E-state index is 3.78. The first-order chi connectivity index (χ1) is 10.2. The van der Waals surface area contributed by atoms with Gasteiger partial charge in [0.1, 0.15) is 0 Å². The molecule has 0 bridgehead atoms. The van der Waals surface area contributed by atoms with E-state index < -0.39 is 0 Å². The van der Waals surface area contributed by atoms with Gasteiger partial charge in [0.25, 0.3) is 0 Å². The van der Waals surface area contributed by atoms with Crippen LogP contribution < -0.4 is 5.32 Å². The highest BCUT2D eigenvalue weighted by molar-refractivity contribution is 5.88. The highest BCUT2D eigenvalue weighted by Crippen LogP contribution is 2.32. The molecule has 0 saturated heterocycles. The second kappa shape index (κ2) is 7.61. The van der Waals surface area contributed by atoms with E-state index in [1.807, 2.05) is 0 Å². The fraction of sp³-hybridized carbons (Fsp3) is 0.500. The van der Waals surface area contributed by atoms with Crippen molar-refractivity contribution in [3.63, 3.8) is 0 Å². The lowest BCUT2D eigenvalue weighted by atomic mass is 9.87. The molecule has 0 spiro atoms. The molecule has 0 saturated carbocycles. The molecule has 2 aromatic carbocycles. The van der Waals surface area contributed by atoms with Crippen LogP contribution in [-0.4, -0.2) is 6.54 Å². The van der Waals surface area contributed by atoms with Gasteiger partial charge in [-0.05, 0) is 54.1 Å². The van der Waals surface area contributed by atoms with Gasteiger partial charge in [-0.25, -0.2) is 0 Å². The molecular weight excluding hydrogens is 254 g/mol. The predicted octanol–water partition coefficient (Wildman–Crippen LogP) is 5.63. The van der Waals surface area contributed by atoms with Crippen LogP contribution in [0.3, 0.4) is 0 Å². The maximum absolute atomic E-state index is 3.78. The molecule has 1 nitrogen and oxygen atoms in total. The van der Waals surface area contributed by atoms with Gasteiger partial charge in [0.2, 0.25) is 0 Å². The number of aryl methyl sites for hydroxylation is 1. The Hall–Kier alpha value is -1.34. The van der Waals surface area contributed by atoms with Crippen molar-refractivity contribution in [1.29, 1.82) is 0 Å². The Morgan fingerprint density at radius 1 is 0.952 bits per heavy atom. The molecule has 1 heteroatoms. The van der Waals surface area contributed by atoms with Crippen LogP contribution in [0.4, 0.5) is 0 Å². The summed E-state index contributed by atoms with van der Waals surface area (Å²) in [6, 6.07) is 13.9. The van der Waals surface area contributed by atoms with E-state index in [9.17, 15) is 0 Å². The molecule has 0 aliphatic rings. The lowest BCUT2D eigenvalue weighted by Crippen LogP contribution is -2.28. The zero-order valence-electron chi connectivity index (χ0n) is 13.9. The molecule has 0 heterocycles. The van der Waals surface area contributed by atoms with Crippen molar-refractivity contribution in [2.75, 3.05) is 6.54 Å². The van der Waals surface area contributed by atoms with Gasteiger partial charge in [-0.1, -0.05) is 63.6 Å². The molecule has 0 aliphatic carbocycles. The van der Waals surface area contributed by atoms with Crippen LogP contribution >= 0.6 is 0 Å². The largest absolute Gasteiger partial charge is 0.310 e. The summed E-state index contributed by atoms with van der Waals surface area (Å²) in [4.78, 5) is 0. The number of benzene rings is 2. The highest BCUT2D eigenvalue weighted by atomic mass is 14.9. The summed E-state index contributed by atoms with van der Waals surface area (Å²) in [6.07, 6.45) is 3.69. The third kappa shape index (κ3) is 3.65. The predicted molar refractivity (Wildman–Crippen MR) is 93.8 cm³/mol. The molecule has 2 aromatic rings. The summed E-state index contributed by atoms with van der Waals surface area (Å²) in [5.74, 6) is 0.660. The summed E-state index contributed by atoms with van der Waals surface area (Å²) >= 11 is 0. The summed E-state index contributed by atoms with van der Waals surface area (Å²) in [5, 5.41) is 6.58. The zero-order valence-corrected chi connectivity index (χ0v) is 13.9. The van der Waals surface area contributed by atoms with Gasteiger partial charge in [-0.3, -0.25) is 0 Å². The van der Waals surface area contributed by atoms with Crippen LogP contribution in [-0.2, 0) is 0 Å².